The number of nitrogens with one attached hydrogen (secondary N) is 2. The number of methoxy groups -OCH3 is 1. The summed E-state index contributed by atoms with van der Waals surface area (Å²) in [7, 11) is 1.57. The lowest BCUT2D eigenvalue weighted by molar-refractivity contribution is 0.0937. The highest BCUT2D eigenvalue weighted by Gasteiger charge is 2.13. The number of rotatable bonds is 9. The quantitative estimate of drug-likeness (QED) is 0.650. The molecule has 0 spiro atoms. The van der Waals surface area contributed by atoms with Crippen LogP contribution in [0.1, 0.15) is 40.3 Å². The Morgan fingerprint density at radius 2 is 1.86 bits per heavy atom. The van der Waals surface area contributed by atoms with Gasteiger partial charge in [0.05, 0.1) is 6.61 Å². The molecule has 0 unspecified atom stereocenters. The summed E-state index contributed by atoms with van der Waals surface area (Å²) in [6.07, 6.45) is 1.45. The minimum absolute atomic E-state index is 0.187. The molecule has 150 valence electrons. The highest BCUT2D eigenvalue weighted by molar-refractivity contribution is 6.05. The average Bonchev–Trinajstić information content (AvgIpc) is 2.71. The van der Waals surface area contributed by atoms with Crippen LogP contribution in [0.25, 0.3) is 0 Å². The number of aryl methyl sites for hydroxylation is 1. The Bertz CT molecular complexity index is 819. The second kappa shape index (κ2) is 10.4. The molecule has 2 rings (SSSR count). The van der Waals surface area contributed by atoms with Crippen molar-refractivity contribution in [2.75, 3.05) is 43.6 Å². The fourth-order valence-electron chi connectivity index (χ4n) is 2.82. The van der Waals surface area contributed by atoms with Crippen molar-refractivity contribution in [1.29, 1.82) is 0 Å². The van der Waals surface area contributed by atoms with Gasteiger partial charge in [-0.1, -0.05) is 0 Å². The molecule has 7 heteroatoms. The Morgan fingerprint density at radius 3 is 2.50 bits per heavy atom. The third kappa shape index (κ3) is 5.53. The van der Waals surface area contributed by atoms with Gasteiger partial charge in [-0.3, -0.25) is 14.6 Å². The summed E-state index contributed by atoms with van der Waals surface area (Å²) < 4.78 is 4.91. The van der Waals surface area contributed by atoms with E-state index in [1.54, 1.807) is 13.2 Å². The molecule has 1 aromatic carbocycles. The van der Waals surface area contributed by atoms with E-state index in [9.17, 15) is 9.59 Å². The summed E-state index contributed by atoms with van der Waals surface area (Å²) in [5.41, 5.74) is 3.37. The number of carbonyl (C=O) groups excluding carboxylic acids is 2. The first kappa shape index (κ1) is 21.4. The van der Waals surface area contributed by atoms with Crippen LogP contribution < -0.4 is 15.5 Å². The molecule has 0 fully saturated rings. The maximum absolute atomic E-state index is 12.6. The summed E-state index contributed by atoms with van der Waals surface area (Å²) in [6, 6.07) is 8.99. The van der Waals surface area contributed by atoms with E-state index in [0.717, 1.165) is 30.0 Å². The van der Waals surface area contributed by atoms with Gasteiger partial charge in [-0.2, -0.15) is 0 Å². The van der Waals surface area contributed by atoms with E-state index >= 15 is 0 Å². The first-order valence-electron chi connectivity index (χ1n) is 9.40. The molecule has 7 nitrogen and oxygen atoms in total. The van der Waals surface area contributed by atoms with Crippen LogP contribution in [-0.2, 0) is 4.74 Å². The van der Waals surface area contributed by atoms with E-state index in [1.165, 1.54) is 12.3 Å². The minimum Gasteiger partial charge on any atom is -0.383 e. The number of anilines is 2. The Balaban J connectivity index is 2.10. The van der Waals surface area contributed by atoms with E-state index in [2.05, 4.69) is 40.4 Å². The molecule has 1 aromatic heterocycles. The van der Waals surface area contributed by atoms with E-state index in [1.807, 2.05) is 19.1 Å². The molecule has 0 saturated heterocycles. The summed E-state index contributed by atoms with van der Waals surface area (Å²) in [6.45, 7) is 8.84. The van der Waals surface area contributed by atoms with Crippen LogP contribution in [0.2, 0.25) is 0 Å². The second-order valence-corrected chi connectivity index (χ2v) is 6.30. The number of nitrogens with zero attached hydrogens (tertiary/aromatic N) is 2. The van der Waals surface area contributed by atoms with Gasteiger partial charge >= 0.3 is 0 Å². The fraction of sp³-hybridized carbons (Fsp3) is 0.381. The topological polar surface area (TPSA) is 83.6 Å². The van der Waals surface area contributed by atoms with Gasteiger partial charge < -0.3 is 20.3 Å². The number of carbonyl (C=O) groups is 2. The predicted molar refractivity (Wildman–Crippen MR) is 111 cm³/mol. The van der Waals surface area contributed by atoms with Crippen LogP contribution >= 0.6 is 0 Å². The van der Waals surface area contributed by atoms with Crippen molar-refractivity contribution >= 4 is 23.2 Å². The Morgan fingerprint density at radius 1 is 1.11 bits per heavy atom. The fourth-order valence-corrected chi connectivity index (χ4v) is 2.82. The number of benzene rings is 1. The number of amides is 2. The molecule has 0 atom stereocenters. The molecule has 0 bridgehead atoms. The van der Waals surface area contributed by atoms with Gasteiger partial charge in [0, 0.05) is 49.9 Å². The van der Waals surface area contributed by atoms with Gasteiger partial charge in [0.25, 0.3) is 11.8 Å². The number of aromatic nitrogens is 1. The average molecular weight is 384 g/mol. The highest BCUT2D eigenvalue weighted by atomic mass is 16.5. The lowest BCUT2D eigenvalue weighted by Crippen LogP contribution is -2.27. The maximum Gasteiger partial charge on any atom is 0.274 e. The van der Waals surface area contributed by atoms with Crippen molar-refractivity contribution in [3.8, 4) is 0 Å². The zero-order chi connectivity index (χ0) is 20.5. The van der Waals surface area contributed by atoms with Crippen LogP contribution in [0.15, 0.2) is 36.5 Å². The molecule has 0 aliphatic carbocycles. The van der Waals surface area contributed by atoms with Crippen LogP contribution in [-0.4, -0.2) is 50.1 Å². The Hall–Kier alpha value is -2.93. The standard InChI is InChI=1S/C21H28N4O3/c1-5-25(6-2)17-7-8-18(15(3)13-17)24-21(27)19-14-16(9-10-22-19)20(26)23-11-12-28-4/h7-10,13-14H,5-6,11-12H2,1-4H3,(H,23,26)(H,24,27). The Labute approximate surface area is 166 Å². The molecule has 1 heterocycles. The molecule has 0 saturated carbocycles. The monoisotopic (exact) mass is 384 g/mol. The Kier molecular flexibility index (Phi) is 7.95. The smallest absolute Gasteiger partial charge is 0.274 e. The summed E-state index contributed by atoms with van der Waals surface area (Å²) in [5.74, 6) is -0.626. The van der Waals surface area contributed by atoms with E-state index < -0.39 is 0 Å². The predicted octanol–water partition coefficient (Wildman–Crippen LogP) is 2.86. The molecule has 0 radical (unpaired) electrons. The minimum atomic E-state index is -0.356. The molecule has 2 amide bonds. The molecule has 0 aliphatic rings. The van der Waals surface area contributed by atoms with Crippen molar-refractivity contribution in [1.82, 2.24) is 10.3 Å². The third-order valence-electron chi connectivity index (χ3n) is 4.43. The van der Waals surface area contributed by atoms with Crippen LogP contribution in [0.4, 0.5) is 11.4 Å². The normalized spacial score (nSPS) is 10.4. The number of hydrogen-bond donors (Lipinski definition) is 2. The number of hydrogen-bond acceptors (Lipinski definition) is 5. The molecule has 0 aliphatic heterocycles. The van der Waals surface area contributed by atoms with Crippen molar-refractivity contribution in [3.63, 3.8) is 0 Å². The van der Waals surface area contributed by atoms with Crippen molar-refractivity contribution in [2.45, 2.75) is 20.8 Å². The SMILES string of the molecule is CCN(CC)c1ccc(NC(=O)c2cc(C(=O)NCCOC)ccn2)c(C)c1. The second-order valence-electron chi connectivity index (χ2n) is 6.30. The first-order chi connectivity index (χ1) is 13.5. The summed E-state index contributed by atoms with van der Waals surface area (Å²) >= 11 is 0. The lowest BCUT2D eigenvalue weighted by Gasteiger charge is -2.22. The van der Waals surface area contributed by atoms with Crippen molar-refractivity contribution in [2.24, 2.45) is 0 Å². The van der Waals surface area contributed by atoms with Crippen LogP contribution in [0, 0.1) is 6.92 Å². The molecular formula is C21H28N4O3. The first-order valence-corrected chi connectivity index (χ1v) is 9.40. The van der Waals surface area contributed by atoms with Gasteiger partial charge in [-0.05, 0) is 56.7 Å². The molecule has 2 aromatic rings. The van der Waals surface area contributed by atoms with E-state index in [4.69, 9.17) is 4.74 Å². The zero-order valence-corrected chi connectivity index (χ0v) is 16.9. The number of ether oxygens (including phenoxy) is 1. The number of pyridine rings is 1. The van der Waals surface area contributed by atoms with Gasteiger partial charge in [-0.25, -0.2) is 0 Å². The largest absolute Gasteiger partial charge is 0.383 e. The summed E-state index contributed by atoms with van der Waals surface area (Å²) in [5, 5.41) is 5.60. The molecule has 2 N–H and O–H groups in total. The van der Waals surface area contributed by atoms with Gasteiger partial charge in [0.2, 0.25) is 0 Å². The third-order valence-corrected chi connectivity index (χ3v) is 4.43. The van der Waals surface area contributed by atoms with E-state index in [-0.39, 0.29) is 17.5 Å². The van der Waals surface area contributed by atoms with Crippen molar-refractivity contribution < 1.29 is 14.3 Å². The van der Waals surface area contributed by atoms with Crippen molar-refractivity contribution in [3.05, 3.63) is 53.3 Å². The van der Waals surface area contributed by atoms with E-state index in [0.29, 0.717) is 18.7 Å². The summed E-state index contributed by atoms with van der Waals surface area (Å²) in [4.78, 5) is 31.1. The van der Waals surface area contributed by atoms with Crippen LogP contribution in [0.5, 0.6) is 0 Å². The molecular weight excluding hydrogens is 356 g/mol. The lowest BCUT2D eigenvalue weighted by atomic mass is 10.1. The zero-order valence-electron chi connectivity index (χ0n) is 16.9. The van der Waals surface area contributed by atoms with Crippen LogP contribution in [0.3, 0.4) is 0 Å². The maximum atomic E-state index is 12.6. The van der Waals surface area contributed by atoms with Gasteiger partial charge in [0.1, 0.15) is 5.69 Å². The highest BCUT2D eigenvalue weighted by Crippen LogP contribution is 2.23. The van der Waals surface area contributed by atoms with Gasteiger partial charge in [0.15, 0.2) is 0 Å². The van der Waals surface area contributed by atoms with Gasteiger partial charge in [-0.15, -0.1) is 0 Å². The molecule has 28 heavy (non-hydrogen) atoms.